The molecule has 0 saturated carbocycles. The van der Waals surface area contributed by atoms with Crippen molar-refractivity contribution in [3.63, 3.8) is 0 Å². The fraction of sp³-hybridized carbons (Fsp3) is 0.292. The first-order chi connectivity index (χ1) is 16.8. The Morgan fingerprint density at radius 2 is 1.91 bits per heavy atom. The summed E-state index contributed by atoms with van der Waals surface area (Å²) in [5.74, 6) is 0.0583. The zero-order chi connectivity index (χ0) is 24.6. The van der Waals surface area contributed by atoms with Crippen molar-refractivity contribution < 1.29 is 17.5 Å². The van der Waals surface area contributed by atoms with Crippen LogP contribution in [0.25, 0.3) is 22.4 Å². The van der Waals surface area contributed by atoms with Crippen LogP contribution in [-0.2, 0) is 10.0 Å². The fourth-order valence-corrected chi connectivity index (χ4v) is 5.26. The summed E-state index contributed by atoms with van der Waals surface area (Å²) in [6.45, 7) is 5.31. The highest BCUT2D eigenvalue weighted by Crippen LogP contribution is 2.30. The van der Waals surface area contributed by atoms with Gasteiger partial charge in [-0.2, -0.15) is 10.1 Å². The summed E-state index contributed by atoms with van der Waals surface area (Å²) in [7, 11) is -4.09. The molecule has 0 aliphatic carbocycles. The molecule has 0 spiro atoms. The third-order valence-electron chi connectivity index (χ3n) is 5.86. The number of H-pyrrole nitrogens is 1. The Bertz CT molecular complexity index is 1480. The number of rotatable bonds is 6. The molecular formula is C24H25FN6O3S. The van der Waals surface area contributed by atoms with E-state index in [0.717, 1.165) is 43.1 Å². The summed E-state index contributed by atoms with van der Waals surface area (Å²) < 4.78 is 48.2. The predicted molar refractivity (Wildman–Crippen MR) is 130 cm³/mol. The van der Waals surface area contributed by atoms with E-state index in [1.54, 1.807) is 31.2 Å². The number of benzene rings is 2. The number of halogens is 1. The van der Waals surface area contributed by atoms with Crippen LogP contribution in [-0.4, -0.2) is 47.8 Å². The number of aromatic nitrogens is 4. The molecular weight excluding hydrogens is 471 g/mol. The Hall–Kier alpha value is -3.57. The highest BCUT2D eigenvalue weighted by Gasteiger charge is 2.22. The molecule has 3 N–H and O–H groups in total. The number of aryl methyl sites for hydroxylation is 2. The van der Waals surface area contributed by atoms with Crippen molar-refractivity contribution in [1.29, 1.82) is 0 Å². The summed E-state index contributed by atoms with van der Waals surface area (Å²) in [4.78, 5) is 8.82. The van der Waals surface area contributed by atoms with Crippen LogP contribution >= 0.6 is 0 Å². The molecule has 9 nitrogen and oxygen atoms in total. The molecule has 11 heteroatoms. The highest BCUT2D eigenvalue weighted by atomic mass is 32.2. The van der Waals surface area contributed by atoms with E-state index >= 15 is 0 Å². The summed E-state index contributed by atoms with van der Waals surface area (Å²) >= 11 is 0. The van der Waals surface area contributed by atoms with Gasteiger partial charge in [0.25, 0.3) is 10.0 Å². The van der Waals surface area contributed by atoms with Crippen LogP contribution in [0.3, 0.4) is 0 Å². The second-order valence-electron chi connectivity index (χ2n) is 8.60. The maximum absolute atomic E-state index is 14.1. The van der Waals surface area contributed by atoms with Gasteiger partial charge in [0.15, 0.2) is 11.5 Å². The van der Waals surface area contributed by atoms with Crippen molar-refractivity contribution >= 4 is 26.7 Å². The molecule has 2 aromatic heterocycles. The van der Waals surface area contributed by atoms with Crippen molar-refractivity contribution in [3.05, 3.63) is 59.5 Å². The molecule has 182 valence electrons. The Morgan fingerprint density at radius 3 is 2.66 bits per heavy atom. The molecule has 0 amide bonds. The molecule has 0 bridgehead atoms. The first kappa shape index (κ1) is 23.2. The van der Waals surface area contributed by atoms with Gasteiger partial charge in [-0.15, -0.1) is 0 Å². The lowest BCUT2D eigenvalue weighted by Gasteiger charge is -2.23. The number of sulfonamides is 1. The molecule has 0 radical (unpaired) electrons. The van der Waals surface area contributed by atoms with Crippen LogP contribution in [0.5, 0.6) is 5.88 Å². The van der Waals surface area contributed by atoms with Gasteiger partial charge in [0, 0.05) is 23.5 Å². The molecule has 2 aromatic carbocycles. The molecule has 35 heavy (non-hydrogen) atoms. The molecule has 1 unspecified atom stereocenters. The summed E-state index contributed by atoms with van der Waals surface area (Å²) in [5, 5.41) is 11.3. The minimum absolute atomic E-state index is 0.00259. The SMILES string of the molecule is Cc1ccc(F)c(S(=O)(=O)Nc2ccc(-c3nc(OC4CCCNC4)c4c(C)[nH]nc4n3)cc2)c1. The van der Waals surface area contributed by atoms with E-state index in [1.165, 1.54) is 12.1 Å². The molecule has 4 aromatic rings. The lowest BCUT2D eigenvalue weighted by Crippen LogP contribution is -2.37. The van der Waals surface area contributed by atoms with E-state index < -0.39 is 20.7 Å². The fourth-order valence-electron chi connectivity index (χ4n) is 4.04. The average molecular weight is 497 g/mol. The van der Waals surface area contributed by atoms with Crippen LogP contribution in [0.15, 0.2) is 47.4 Å². The maximum atomic E-state index is 14.1. The van der Waals surface area contributed by atoms with Gasteiger partial charge < -0.3 is 10.1 Å². The monoisotopic (exact) mass is 496 g/mol. The second-order valence-corrected chi connectivity index (χ2v) is 10.3. The Balaban J connectivity index is 1.43. The van der Waals surface area contributed by atoms with Crippen LogP contribution in [0.4, 0.5) is 10.1 Å². The third kappa shape index (κ3) is 4.82. The van der Waals surface area contributed by atoms with Gasteiger partial charge in [-0.1, -0.05) is 6.07 Å². The number of aromatic amines is 1. The first-order valence-electron chi connectivity index (χ1n) is 11.3. The minimum atomic E-state index is -4.09. The molecule has 5 rings (SSSR count). The quantitative estimate of drug-likeness (QED) is 0.372. The first-order valence-corrected chi connectivity index (χ1v) is 12.8. The van der Waals surface area contributed by atoms with Gasteiger partial charge in [-0.25, -0.2) is 17.8 Å². The van der Waals surface area contributed by atoms with E-state index in [4.69, 9.17) is 4.74 Å². The summed E-state index contributed by atoms with van der Waals surface area (Å²) in [6, 6.07) is 10.5. The summed E-state index contributed by atoms with van der Waals surface area (Å²) in [5.41, 5.74) is 2.90. The topological polar surface area (TPSA) is 122 Å². The standard InChI is InChI=1S/C24H25FN6O3S/c1-14-5-10-19(25)20(12-14)35(32,33)31-17-8-6-16(7-9-17)22-27-23-21(15(2)29-30-23)24(28-22)34-18-4-3-11-26-13-18/h5-10,12,18,26,31H,3-4,11,13H2,1-2H3,(H,27,28,29,30). The number of nitrogens with zero attached hydrogens (tertiary/aromatic N) is 3. The van der Waals surface area contributed by atoms with E-state index in [0.29, 0.717) is 28.5 Å². The molecule has 1 fully saturated rings. The van der Waals surface area contributed by atoms with Gasteiger partial charge in [0.05, 0.1) is 0 Å². The number of fused-ring (bicyclic) bond motifs is 1. The Morgan fingerprint density at radius 1 is 1.11 bits per heavy atom. The van der Waals surface area contributed by atoms with Crippen molar-refractivity contribution in [2.45, 2.75) is 37.7 Å². The highest BCUT2D eigenvalue weighted by molar-refractivity contribution is 7.92. The number of nitrogens with one attached hydrogen (secondary N) is 3. The van der Waals surface area contributed by atoms with Crippen molar-refractivity contribution in [3.8, 4) is 17.3 Å². The van der Waals surface area contributed by atoms with Crippen molar-refractivity contribution in [1.82, 2.24) is 25.5 Å². The number of hydrogen-bond acceptors (Lipinski definition) is 7. The molecule has 3 heterocycles. The van der Waals surface area contributed by atoms with Crippen LogP contribution < -0.4 is 14.8 Å². The number of hydrogen-bond donors (Lipinski definition) is 3. The van der Waals surface area contributed by atoms with E-state index in [1.807, 2.05) is 6.92 Å². The van der Waals surface area contributed by atoms with Gasteiger partial charge in [-0.05, 0) is 75.2 Å². The van der Waals surface area contributed by atoms with Crippen LogP contribution in [0.1, 0.15) is 24.1 Å². The van der Waals surface area contributed by atoms with Crippen molar-refractivity contribution in [2.24, 2.45) is 0 Å². The zero-order valence-electron chi connectivity index (χ0n) is 19.3. The van der Waals surface area contributed by atoms with Crippen LogP contribution in [0, 0.1) is 19.7 Å². The van der Waals surface area contributed by atoms with Crippen molar-refractivity contribution in [2.75, 3.05) is 17.8 Å². The summed E-state index contributed by atoms with van der Waals surface area (Å²) in [6.07, 6.45) is 1.96. The average Bonchev–Trinajstić information content (AvgIpc) is 3.22. The zero-order valence-corrected chi connectivity index (χ0v) is 20.1. The number of anilines is 1. The van der Waals surface area contributed by atoms with E-state index in [9.17, 15) is 12.8 Å². The van der Waals surface area contributed by atoms with Crippen LogP contribution in [0.2, 0.25) is 0 Å². The smallest absolute Gasteiger partial charge is 0.264 e. The number of ether oxygens (including phenoxy) is 1. The maximum Gasteiger partial charge on any atom is 0.264 e. The number of piperidine rings is 1. The van der Waals surface area contributed by atoms with E-state index in [2.05, 4.69) is 30.2 Å². The minimum Gasteiger partial charge on any atom is -0.472 e. The van der Waals surface area contributed by atoms with Gasteiger partial charge in [0.1, 0.15) is 22.2 Å². The molecule has 1 saturated heterocycles. The van der Waals surface area contributed by atoms with Gasteiger partial charge in [-0.3, -0.25) is 9.82 Å². The lowest BCUT2D eigenvalue weighted by atomic mass is 10.1. The Labute approximate surface area is 202 Å². The van der Waals surface area contributed by atoms with E-state index in [-0.39, 0.29) is 11.8 Å². The third-order valence-corrected chi connectivity index (χ3v) is 7.26. The lowest BCUT2D eigenvalue weighted by molar-refractivity contribution is 0.163. The molecule has 1 atom stereocenters. The van der Waals surface area contributed by atoms with Gasteiger partial charge in [0.2, 0.25) is 5.88 Å². The molecule has 1 aliphatic rings. The normalized spacial score (nSPS) is 16.4. The molecule has 1 aliphatic heterocycles. The largest absolute Gasteiger partial charge is 0.472 e. The second kappa shape index (κ2) is 9.23. The Kier molecular flexibility index (Phi) is 6.12. The predicted octanol–water partition coefficient (Wildman–Crippen LogP) is 3.71. The van der Waals surface area contributed by atoms with Gasteiger partial charge >= 0.3 is 0 Å².